The second-order valence-corrected chi connectivity index (χ2v) is 8.80. The van der Waals surface area contributed by atoms with Crippen molar-refractivity contribution in [3.63, 3.8) is 0 Å². The molecule has 3 rings (SSSR count). The van der Waals surface area contributed by atoms with Gasteiger partial charge in [0.15, 0.2) is 6.61 Å². The third-order valence-electron chi connectivity index (χ3n) is 4.84. The first-order valence-corrected chi connectivity index (χ1v) is 10.2. The van der Waals surface area contributed by atoms with Crippen molar-refractivity contribution in [2.24, 2.45) is 5.92 Å². The lowest BCUT2D eigenvalue weighted by Crippen LogP contribution is -2.22. The number of nitrogens with zero attached hydrogens (tertiary/aromatic N) is 1. The molecule has 1 aromatic heterocycles. The molecule has 0 radical (unpaired) electrons. The Bertz CT molecular complexity index is 989. The number of ether oxygens (including phenoxy) is 1. The van der Waals surface area contributed by atoms with E-state index in [1.54, 1.807) is 0 Å². The molecule has 0 bridgehead atoms. The SMILES string of the molecule is Cc1ccc(C)c(OCC(=O)Nc2sc(=S)c3c(c2C#N)CCC(C)C3)c1. The van der Waals surface area contributed by atoms with Gasteiger partial charge in [-0.1, -0.05) is 31.3 Å². The fraction of sp³-hybridized carbons (Fsp3) is 0.381. The van der Waals surface area contributed by atoms with Crippen LogP contribution in [-0.2, 0) is 17.6 Å². The summed E-state index contributed by atoms with van der Waals surface area (Å²) < 4.78 is 6.43. The standard InChI is InChI=1S/C21H22N2O2S2/c1-12-5-7-15-16(8-12)21(26)27-20(17(15)10-22)23-19(24)11-25-18-9-13(2)4-6-14(18)3/h4,6,9,12H,5,7-8,11H2,1-3H3,(H,23,24). The van der Waals surface area contributed by atoms with Crippen LogP contribution in [0.2, 0.25) is 0 Å². The molecule has 6 heteroatoms. The van der Waals surface area contributed by atoms with Gasteiger partial charge in [-0.2, -0.15) is 5.26 Å². The predicted molar refractivity (Wildman–Crippen MR) is 111 cm³/mol. The molecular formula is C21H22N2O2S2. The number of amides is 1. The lowest BCUT2D eigenvalue weighted by Gasteiger charge is -2.23. The number of aryl methyl sites for hydroxylation is 2. The van der Waals surface area contributed by atoms with Gasteiger partial charge in [-0.05, 0) is 67.3 Å². The minimum atomic E-state index is -0.290. The van der Waals surface area contributed by atoms with E-state index in [1.165, 1.54) is 11.3 Å². The van der Waals surface area contributed by atoms with Crippen LogP contribution in [0.15, 0.2) is 18.2 Å². The Kier molecular flexibility index (Phi) is 5.93. The Balaban J connectivity index is 1.78. The molecule has 1 amide bonds. The van der Waals surface area contributed by atoms with E-state index in [1.807, 2.05) is 32.0 Å². The van der Waals surface area contributed by atoms with E-state index in [4.69, 9.17) is 17.0 Å². The van der Waals surface area contributed by atoms with Crippen LogP contribution in [0.3, 0.4) is 0 Å². The molecule has 0 aliphatic heterocycles. The van der Waals surface area contributed by atoms with Gasteiger partial charge in [0.2, 0.25) is 0 Å². The summed E-state index contributed by atoms with van der Waals surface area (Å²) in [6.45, 7) is 6.01. The van der Waals surface area contributed by atoms with Crippen LogP contribution in [0.5, 0.6) is 5.75 Å². The van der Waals surface area contributed by atoms with Gasteiger partial charge in [0.1, 0.15) is 16.8 Å². The highest BCUT2D eigenvalue weighted by molar-refractivity contribution is 7.73. The molecule has 1 N–H and O–H groups in total. The maximum atomic E-state index is 12.4. The summed E-state index contributed by atoms with van der Waals surface area (Å²) in [6.07, 6.45) is 2.77. The van der Waals surface area contributed by atoms with Crippen molar-refractivity contribution in [3.8, 4) is 11.8 Å². The van der Waals surface area contributed by atoms with Crippen LogP contribution in [0.25, 0.3) is 0 Å². The molecule has 1 aromatic carbocycles. The summed E-state index contributed by atoms with van der Waals surface area (Å²) in [5.74, 6) is 0.976. The number of hydrogen-bond donors (Lipinski definition) is 1. The fourth-order valence-electron chi connectivity index (χ4n) is 3.32. The molecule has 0 fully saturated rings. The summed E-state index contributed by atoms with van der Waals surface area (Å²) in [5, 5.41) is 13.0. The van der Waals surface area contributed by atoms with E-state index in [0.29, 0.717) is 22.2 Å². The van der Waals surface area contributed by atoms with Crippen molar-refractivity contribution in [1.82, 2.24) is 0 Å². The number of carbonyl (C=O) groups is 1. The lowest BCUT2D eigenvalue weighted by atomic mass is 9.85. The van der Waals surface area contributed by atoms with Crippen molar-refractivity contribution < 1.29 is 9.53 Å². The molecule has 1 aliphatic carbocycles. The van der Waals surface area contributed by atoms with Crippen LogP contribution in [-0.4, -0.2) is 12.5 Å². The number of carbonyl (C=O) groups excluding carboxylic acids is 1. The van der Waals surface area contributed by atoms with Gasteiger partial charge in [0.25, 0.3) is 5.91 Å². The fourth-order valence-corrected chi connectivity index (χ4v) is 4.72. The minimum Gasteiger partial charge on any atom is -0.483 e. The van der Waals surface area contributed by atoms with Crippen LogP contribution >= 0.6 is 23.6 Å². The van der Waals surface area contributed by atoms with Crippen molar-refractivity contribution in [3.05, 3.63) is 49.8 Å². The second kappa shape index (κ2) is 8.20. The van der Waals surface area contributed by atoms with E-state index in [0.717, 1.165) is 45.3 Å². The van der Waals surface area contributed by atoms with Crippen LogP contribution in [0.1, 0.15) is 41.2 Å². The van der Waals surface area contributed by atoms with Crippen LogP contribution in [0.4, 0.5) is 5.00 Å². The predicted octanol–water partition coefficient (Wildman–Crippen LogP) is 5.11. The third-order valence-corrected chi connectivity index (χ3v) is 6.28. The Morgan fingerprint density at radius 3 is 2.93 bits per heavy atom. The smallest absolute Gasteiger partial charge is 0.262 e. The highest BCUT2D eigenvalue weighted by Gasteiger charge is 2.23. The Labute approximate surface area is 168 Å². The molecule has 140 valence electrons. The quantitative estimate of drug-likeness (QED) is 0.727. The number of nitriles is 1. The molecule has 2 aromatic rings. The molecule has 0 saturated heterocycles. The van der Waals surface area contributed by atoms with Gasteiger partial charge in [-0.15, -0.1) is 11.3 Å². The summed E-state index contributed by atoms with van der Waals surface area (Å²) in [7, 11) is 0. The number of anilines is 1. The number of benzene rings is 1. The van der Waals surface area contributed by atoms with Crippen molar-refractivity contribution in [1.29, 1.82) is 5.26 Å². The Hall–Kier alpha value is -2.23. The summed E-state index contributed by atoms with van der Waals surface area (Å²) in [5.41, 5.74) is 4.71. The Morgan fingerprint density at radius 1 is 1.41 bits per heavy atom. The summed E-state index contributed by atoms with van der Waals surface area (Å²) in [6, 6.07) is 8.15. The molecule has 1 unspecified atom stereocenters. The van der Waals surface area contributed by atoms with Gasteiger partial charge < -0.3 is 10.1 Å². The van der Waals surface area contributed by atoms with Gasteiger partial charge >= 0.3 is 0 Å². The zero-order valence-corrected chi connectivity index (χ0v) is 17.4. The topological polar surface area (TPSA) is 62.1 Å². The molecular weight excluding hydrogens is 376 g/mol. The molecule has 1 heterocycles. The largest absolute Gasteiger partial charge is 0.483 e. The number of hydrogen-bond acceptors (Lipinski definition) is 5. The third kappa shape index (κ3) is 4.37. The van der Waals surface area contributed by atoms with Gasteiger partial charge in [0.05, 0.1) is 9.39 Å². The summed E-state index contributed by atoms with van der Waals surface area (Å²) >= 11 is 6.84. The van der Waals surface area contributed by atoms with Crippen molar-refractivity contribution in [2.45, 2.75) is 40.0 Å². The van der Waals surface area contributed by atoms with Crippen molar-refractivity contribution in [2.75, 3.05) is 11.9 Å². The van der Waals surface area contributed by atoms with E-state index in [9.17, 15) is 10.1 Å². The van der Waals surface area contributed by atoms with Crippen LogP contribution < -0.4 is 10.1 Å². The molecule has 1 aliphatic rings. The number of rotatable bonds is 4. The highest BCUT2D eigenvalue weighted by atomic mass is 32.1. The van der Waals surface area contributed by atoms with E-state index in [2.05, 4.69) is 18.3 Å². The van der Waals surface area contributed by atoms with E-state index < -0.39 is 0 Å². The molecule has 27 heavy (non-hydrogen) atoms. The van der Waals surface area contributed by atoms with Crippen LogP contribution in [0, 0.1) is 34.9 Å². The van der Waals surface area contributed by atoms with Crippen molar-refractivity contribution >= 4 is 34.5 Å². The summed E-state index contributed by atoms with van der Waals surface area (Å²) in [4.78, 5) is 12.4. The first-order valence-electron chi connectivity index (χ1n) is 8.98. The van der Waals surface area contributed by atoms with Gasteiger partial charge in [0, 0.05) is 0 Å². The number of nitrogens with one attached hydrogen (secondary N) is 1. The lowest BCUT2D eigenvalue weighted by molar-refractivity contribution is -0.118. The first-order chi connectivity index (χ1) is 12.9. The average molecular weight is 399 g/mol. The highest BCUT2D eigenvalue weighted by Crippen LogP contribution is 2.35. The Morgan fingerprint density at radius 2 is 2.19 bits per heavy atom. The molecule has 1 atom stereocenters. The molecule has 0 spiro atoms. The monoisotopic (exact) mass is 398 g/mol. The van der Waals surface area contributed by atoms with E-state index in [-0.39, 0.29) is 12.5 Å². The van der Waals surface area contributed by atoms with Gasteiger partial charge in [-0.25, -0.2) is 0 Å². The minimum absolute atomic E-state index is 0.108. The number of fused-ring (bicyclic) bond motifs is 1. The molecule has 4 nitrogen and oxygen atoms in total. The average Bonchev–Trinajstić information content (AvgIpc) is 2.63. The zero-order valence-electron chi connectivity index (χ0n) is 15.7. The maximum Gasteiger partial charge on any atom is 0.262 e. The maximum absolute atomic E-state index is 12.4. The first kappa shape index (κ1) is 19.5. The normalized spacial score (nSPS) is 15.6. The van der Waals surface area contributed by atoms with Gasteiger partial charge in [-0.3, -0.25) is 4.79 Å². The second-order valence-electron chi connectivity index (χ2n) is 7.12. The zero-order chi connectivity index (χ0) is 19.6. The molecule has 0 saturated carbocycles. The van der Waals surface area contributed by atoms with E-state index >= 15 is 0 Å².